The first-order chi connectivity index (χ1) is 9.33. The Hall–Kier alpha value is -1.30. The maximum atomic E-state index is 5.66. The highest BCUT2D eigenvalue weighted by atomic mass is 32.1. The summed E-state index contributed by atoms with van der Waals surface area (Å²) < 4.78 is 17.8. The van der Waals surface area contributed by atoms with Gasteiger partial charge in [0.2, 0.25) is 0 Å². The van der Waals surface area contributed by atoms with E-state index >= 15 is 0 Å². The summed E-state index contributed by atoms with van der Waals surface area (Å²) in [6.45, 7) is 2.71. The number of fused-ring (bicyclic) bond motifs is 2. The summed E-state index contributed by atoms with van der Waals surface area (Å²) in [5.41, 5.74) is 1.24. The van der Waals surface area contributed by atoms with Crippen LogP contribution in [-0.4, -0.2) is 27.4 Å². The topological polar surface area (TPSA) is 39.7 Å². The summed E-state index contributed by atoms with van der Waals surface area (Å²) in [6, 6.07) is 4.15. The zero-order valence-electron chi connectivity index (χ0n) is 11.1. The predicted octanol–water partition coefficient (Wildman–Crippen LogP) is 2.54. The van der Waals surface area contributed by atoms with Crippen molar-refractivity contribution < 1.29 is 14.2 Å². The molecule has 2 heterocycles. The minimum absolute atomic E-state index is 0.617. The van der Waals surface area contributed by atoms with Gasteiger partial charge >= 0.3 is 0 Å². The van der Waals surface area contributed by atoms with Crippen molar-refractivity contribution in [1.82, 2.24) is 5.32 Å². The number of ether oxygens (including phenoxy) is 3. The van der Waals surface area contributed by atoms with Crippen molar-refractivity contribution in [2.24, 2.45) is 0 Å². The van der Waals surface area contributed by atoms with Gasteiger partial charge in [0.15, 0.2) is 11.5 Å². The molecule has 0 saturated carbocycles. The van der Waals surface area contributed by atoms with Crippen molar-refractivity contribution in [2.75, 3.05) is 27.4 Å². The van der Waals surface area contributed by atoms with E-state index in [0.29, 0.717) is 19.8 Å². The van der Waals surface area contributed by atoms with E-state index < -0.39 is 0 Å². The Morgan fingerprint density at radius 3 is 2.68 bits per heavy atom. The maximum Gasteiger partial charge on any atom is 0.162 e. The van der Waals surface area contributed by atoms with E-state index in [1.54, 1.807) is 18.4 Å². The molecule has 0 spiro atoms. The molecule has 0 unspecified atom stereocenters. The van der Waals surface area contributed by atoms with Crippen LogP contribution < -0.4 is 14.8 Å². The van der Waals surface area contributed by atoms with Crippen molar-refractivity contribution in [1.29, 1.82) is 0 Å². The Morgan fingerprint density at radius 2 is 2.00 bits per heavy atom. The molecule has 5 heteroatoms. The third kappa shape index (κ3) is 2.29. The second-order valence-corrected chi connectivity index (χ2v) is 5.60. The fraction of sp³-hybridized carbons (Fsp3) is 0.429. The first-order valence-electron chi connectivity index (χ1n) is 6.31. The highest BCUT2D eigenvalue weighted by molar-refractivity contribution is 7.19. The smallest absolute Gasteiger partial charge is 0.162 e. The van der Waals surface area contributed by atoms with Crippen LogP contribution in [0.15, 0.2) is 12.1 Å². The predicted molar refractivity (Wildman–Crippen MR) is 76.3 cm³/mol. The van der Waals surface area contributed by atoms with Gasteiger partial charge < -0.3 is 19.5 Å². The normalized spacial score (nSPS) is 14.0. The Kier molecular flexibility index (Phi) is 3.59. The fourth-order valence-corrected chi connectivity index (χ4v) is 3.57. The average molecular weight is 279 g/mol. The SMILES string of the molecule is CNCc1sc2cc3c(cc2c1COC)OCCO3. The maximum absolute atomic E-state index is 5.66. The minimum atomic E-state index is 0.617. The molecule has 4 nitrogen and oxygen atoms in total. The summed E-state index contributed by atoms with van der Waals surface area (Å²) in [6.07, 6.45) is 0. The lowest BCUT2D eigenvalue weighted by molar-refractivity contribution is 0.172. The molecule has 1 N–H and O–H groups in total. The van der Waals surface area contributed by atoms with Crippen molar-refractivity contribution in [3.63, 3.8) is 0 Å². The molecule has 2 aromatic rings. The number of methoxy groups -OCH3 is 1. The lowest BCUT2D eigenvalue weighted by Crippen LogP contribution is -2.15. The average Bonchev–Trinajstić information content (AvgIpc) is 2.75. The zero-order valence-corrected chi connectivity index (χ0v) is 11.9. The van der Waals surface area contributed by atoms with Gasteiger partial charge in [0.25, 0.3) is 0 Å². The van der Waals surface area contributed by atoms with E-state index in [4.69, 9.17) is 14.2 Å². The Labute approximate surface area is 116 Å². The van der Waals surface area contributed by atoms with Crippen molar-refractivity contribution in [3.8, 4) is 11.5 Å². The third-order valence-corrected chi connectivity index (χ3v) is 4.36. The molecule has 0 radical (unpaired) electrons. The Balaban J connectivity index is 2.14. The Morgan fingerprint density at radius 1 is 1.26 bits per heavy atom. The Bertz CT molecular complexity index is 594. The molecule has 1 aromatic heterocycles. The standard InChI is InChI=1S/C14H17NO3S/c1-15-7-14-10(8-16-2)9-5-11-12(6-13(9)19-14)18-4-3-17-11/h5-6,15H,3-4,7-8H2,1-2H3. The van der Waals surface area contributed by atoms with Crippen LogP contribution in [0.25, 0.3) is 10.1 Å². The number of rotatable bonds is 4. The lowest BCUT2D eigenvalue weighted by atomic mass is 10.1. The van der Waals surface area contributed by atoms with Crippen LogP contribution in [0.1, 0.15) is 10.4 Å². The highest BCUT2D eigenvalue weighted by Crippen LogP contribution is 2.40. The summed E-state index contributed by atoms with van der Waals surface area (Å²) >= 11 is 1.78. The molecule has 0 fully saturated rings. The molecule has 1 aliphatic heterocycles. The largest absolute Gasteiger partial charge is 0.486 e. The van der Waals surface area contributed by atoms with E-state index in [2.05, 4.69) is 17.4 Å². The van der Waals surface area contributed by atoms with Gasteiger partial charge in [-0.15, -0.1) is 11.3 Å². The second kappa shape index (κ2) is 5.36. The van der Waals surface area contributed by atoms with Gasteiger partial charge in [-0.05, 0) is 13.1 Å². The van der Waals surface area contributed by atoms with Crippen LogP contribution in [0.4, 0.5) is 0 Å². The lowest BCUT2D eigenvalue weighted by Gasteiger charge is -2.18. The first kappa shape index (κ1) is 12.7. The summed E-state index contributed by atoms with van der Waals surface area (Å²) in [5, 5.41) is 4.42. The van der Waals surface area contributed by atoms with Gasteiger partial charge in [0.05, 0.1) is 6.61 Å². The van der Waals surface area contributed by atoms with Gasteiger partial charge in [0, 0.05) is 40.2 Å². The van der Waals surface area contributed by atoms with E-state index in [9.17, 15) is 0 Å². The van der Waals surface area contributed by atoms with Crippen LogP contribution in [-0.2, 0) is 17.9 Å². The molecule has 0 amide bonds. The first-order valence-corrected chi connectivity index (χ1v) is 7.12. The number of hydrogen-bond acceptors (Lipinski definition) is 5. The van der Waals surface area contributed by atoms with E-state index in [1.807, 2.05) is 7.05 Å². The van der Waals surface area contributed by atoms with E-state index in [1.165, 1.54) is 20.5 Å². The van der Waals surface area contributed by atoms with Crippen LogP contribution in [0.5, 0.6) is 11.5 Å². The van der Waals surface area contributed by atoms with Gasteiger partial charge in [-0.25, -0.2) is 0 Å². The zero-order chi connectivity index (χ0) is 13.2. The monoisotopic (exact) mass is 279 g/mol. The fourth-order valence-electron chi connectivity index (χ4n) is 2.34. The molecule has 1 aliphatic rings. The van der Waals surface area contributed by atoms with Crippen molar-refractivity contribution in [2.45, 2.75) is 13.2 Å². The summed E-state index contributed by atoms with van der Waals surface area (Å²) in [7, 11) is 3.68. The number of thiophene rings is 1. The molecule has 0 atom stereocenters. The van der Waals surface area contributed by atoms with Gasteiger partial charge in [-0.1, -0.05) is 0 Å². The van der Waals surface area contributed by atoms with E-state index in [0.717, 1.165) is 18.0 Å². The molecule has 102 valence electrons. The molecular weight excluding hydrogens is 262 g/mol. The second-order valence-electron chi connectivity index (χ2n) is 4.46. The van der Waals surface area contributed by atoms with Crippen LogP contribution in [0.2, 0.25) is 0 Å². The molecule has 1 aromatic carbocycles. The number of nitrogens with one attached hydrogen (secondary N) is 1. The van der Waals surface area contributed by atoms with Gasteiger partial charge in [-0.2, -0.15) is 0 Å². The van der Waals surface area contributed by atoms with Gasteiger partial charge in [-0.3, -0.25) is 0 Å². The molecule has 0 bridgehead atoms. The van der Waals surface area contributed by atoms with Crippen molar-refractivity contribution in [3.05, 3.63) is 22.6 Å². The number of benzene rings is 1. The van der Waals surface area contributed by atoms with Crippen molar-refractivity contribution >= 4 is 21.4 Å². The quantitative estimate of drug-likeness (QED) is 0.933. The molecule has 19 heavy (non-hydrogen) atoms. The molecular formula is C14H17NO3S. The summed E-state index contributed by atoms with van der Waals surface area (Å²) in [5.74, 6) is 1.69. The van der Waals surface area contributed by atoms with E-state index in [-0.39, 0.29) is 0 Å². The summed E-state index contributed by atoms with van der Waals surface area (Å²) in [4.78, 5) is 1.31. The minimum Gasteiger partial charge on any atom is -0.486 e. The third-order valence-electron chi connectivity index (χ3n) is 3.17. The highest BCUT2D eigenvalue weighted by Gasteiger charge is 2.18. The molecule has 0 saturated heterocycles. The molecule has 0 aliphatic carbocycles. The van der Waals surface area contributed by atoms with Gasteiger partial charge in [0.1, 0.15) is 13.2 Å². The van der Waals surface area contributed by atoms with Crippen LogP contribution >= 0.6 is 11.3 Å². The van der Waals surface area contributed by atoms with Crippen LogP contribution in [0.3, 0.4) is 0 Å². The number of hydrogen-bond donors (Lipinski definition) is 1. The molecule has 3 rings (SSSR count). The van der Waals surface area contributed by atoms with Crippen LogP contribution in [0, 0.1) is 0 Å².